The van der Waals surface area contributed by atoms with Crippen LogP contribution in [0.3, 0.4) is 0 Å². The van der Waals surface area contributed by atoms with Gasteiger partial charge in [-0.2, -0.15) is 13.2 Å². The van der Waals surface area contributed by atoms with Gasteiger partial charge in [0.2, 0.25) is 0 Å². The number of hydrogen-bond acceptors (Lipinski definition) is 6. The van der Waals surface area contributed by atoms with Crippen molar-refractivity contribution in [3.05, 3.63) is 82.9 Å². The van der Waals surface area contributed by atoms with Crippen LogP contribution >= 0.6 is 0 Å². The number of ether oxygens (including phenoxy) is 3. The maximum atomic E-state index is 13.4. The topological polar surface area (TPSA) is 82.1 Å². The molecule has 196 valence electrons. The number of carbonyl (C=O) groups excluding carboxylic acids is 2. The Morgan fingerprint density at radius 1 is 0.919 bits per heavy atom. The van der Waals surface area contributed by atoms with Crippen LogP contribution < -0.4 is 4.74 Å². The Labute approximate surface area is 212 Å². The van der Waals surface area contributed by atoms with E-state index < -0.39 is 34.6 Å². The normalized spacial score (nSPS) is 11.6. The summed E-state index contributed by atoms with van der Waals surface area (Å²) in [5, 5.41) is 10.4. The second-order valence-corrected chi connectivity index (χ2v) is 9.27. The summed E-state index contributed by atoms with van der Waals surface area (Å²) in [6.07, 6.45) is -4.75. The van der Waals surface area contributed by atoms with Gasteiger partial charge in [0.25, 0.3) is 0 Å². The van der Waals surface area contributed by atoms with Gasteiger partial charge in [0.1, 0.15) is 29.3 Å². The molecule has 0 aliphatic rings. The second-order valence-electron chi connectivity index (χ2n) is 9.27. The number of rotatable bonds is 7. The van der Waals surface area contributed by atoms with Crippen molar-refractivity contribution in [1.82, 2.24) is 0 Å². The van der Waals surface area contributed by atoms with Crippen LogP contribution in [0, 0.1) is 0 Å². The van der Waals surface area contributed by atoms with Crippen LogP contribution in [0.2, 0.25) is 0 Å². The van der Waals surface area contributed by atoms with Crippen LogP contribution in [0.5, 0.6) is 11.5 Å². The fourth-order valence-corrected chi connectivity index (χ4v) is 3.57. The van der Waals surface area contributed by atoms with Crippen molar-refractivity contribution < 1.29 is 42.1 Å². The molecule has 0 saturated heterocycles. The molecule has 0 aromatic heterocycles. The molecule has 0 heterocycles. The van der Waals surface area contributed by atoms with Crippen LogP contribution in [-0.2, 0) is 33.5 Å². The van der Waals surface area contributed by atoms with E-state index in [4.69, 9.17) is 14.2 Å². The minimum Gasteiger partial charge on any atom is -0.506 e. The maximum absolute atomic E-state index is 13.4. The van der Waals surface area contributed by atoms with E-state index in [1.807, 2.05) is 18.2 Å². The number of aromatic hydroxyl groups is 1. The van der Waals surface area contributed by atoms with E-state index in [9.17, 15) is 27.9 Å². The number of esters is 2. The van der Waals surface area contributed by atoms with Crippen molar-refractivity contribution >= 4 is 11.9 Å². The average Bonchev–Trinajstić information content (AvgIpc) is 2.81. The van der Waals surface area contributed by atoms with Crippen LogP contribution in [-0.4, -0.2) is 29.8 Å². The largest absolute Gasteiger partial charge is 0.506 e. The number of carbonyl (C=O) groups is 2. The SMILES string of the molecule is COC(=O)Cc1cccc(-c2cccc(OCc3ccc(C(F)(F)F)c(O)c3C(=O)OC(C)(C)C)c2)c1. The van der Waals surface area contributed by atoms with E-state index in [-0.39, 0.29) is 24.6 Å². The van der Waals surface area contributed by atoms with Crippen molar-refractivity contribution in [3.63, 3.8) is 0 Å². The van der Waals surface area contributed by atoms with Gasteiger partial charge in [-0.15, -0.1) is 0 Å². The van der Waals surface area contributed by atoms with Crippen molar-refractivity contribution in [3.8, 4) is 22.6 Å². The third-order valence-electron chi connectivity index (χ3n) is 5.24. The summed E-state index contributed by atoms with van der Waals surface area (Å²) >= 11 is 0. The first-order chi connectivity index (χ1) is 17.3. The molecule has 0 saturated carbocycles. The van der Waals surface area contributed by atoms with Gasteiger partial charge in [0.15, 0.2) is 0 Å². The number of methoxy groups -OCH3 is 1. The Hall–Kier alpha value is -4.01. The lowest BCUT2D eigenvalue weighted by atomic mass is 10.0. The summed E-state index contributed by atoms with van der Waals surface area (Å²) in [4.78, 5) is 24.3. The van der Waals surface area contributed by atoms with Crippen LogP contribution in [0.25, 0.3) is 11.1 Å². The van der Waals surface area contributed by atoms with E-state index in [1.165, 1.54) is 7.11 Å². The Bertz CT molecular complexity index is 1290. The molecule has 0 amide bonds. The molecule has 0 spiro atoms. The molecule has 0 unspecified atom stereocenters. The molecule has 0 aliphatic heterocycles. The monoisotopic (exact) mass is 516 g/mol. The van der Waals surface area contributed by atoms with Crippen LogP contribution in [0.1, 0.15) is 47.8 Å². The number of halogens is 3. The van der Waals surface area contributed by atoms with Crippen LogP contribution in [0.15, 0.2) is 60.7 Å². The Kier molecular flexibility index (Phi) is 8.15. The summed E-state index contributed by atoms with van der Waals surface area (Å²) in [5.74, 6) is -2.29. The van der Waals surface area contributed by atoms with Gasteiger partial charge in [-0.1, -0.05) is 42.5 Å². The third-order valence-corrected chi connectivity index (χ3v) is 5.24. The maximum Gasteiger partial charge on any atom is 0.419 e. The lowest BCUT2D eigenvalue weighted by Crippen LogP contribution is -2.25. The van der Waals surface area contributed by atoms with E-state index >= 15 is 0 Å². The summed E-state index contributed by atoms with van der Waals surface area (Å²) in [5.41, 5.74) is -0.557. The predicted molar refractivity (Wildman–Crippen MR) is 130 cm³/mol. The summed E-state index contributed by atoms with van der Waals surface area (Å²) in [6.45, 7) is 4.40. The van der Waals surface area contributed by atoms with Crippen LogP contribution in [0.4, 0.5) is 13.2 Å². The molecule has 9 heteroatoms. The number of phenols is 1. The molecule has 3 rings (SSSR count). The molecule has 37 heavy (non-hydrogen) atoms. The van der Waals surface area contributed by atoms with Gasteiger partial charge in [0.05, 0.1) is 19.1 Å². The lowest BCUT2D eigenvalue weighted by Gasteiger charge is -2.22. The molecule has 3 aromatic rings. The first-order valence-electron chi connectivity index (χ1n) is 11.3. The molecule has 3 aromatic carbocycles. The fraction of sp³-hybridized carbons (Fsp3) is 0.286. The molecule has 0 aliphatic carbocycles. The highest BCUT2D eigenvalue weighted by Gasteiger charge is 2.37. The lowest BCUT2D eigenvalue weighted by molar-refractivity contribution is -0.140. The Morgan fingerprint density at radius 2 is 1.57 bits per heavy atom. The zero-order valence-electron chi connectivity index (χ0n) is 20.8. The summed E-state index contributed by atoms with van der Waals surface area (Å²) in [6, 6.07) is 16.0. The number of phenolic OH excluding ortho intramolecular Hbond substituents is 1. The van der Waals surface area contributed by atoms with Crippen molar-refractivity contribution in [2.45, 2.75) is 45.6 Å². The van der Waals surface area contributed by atoms with Gasteiger partial charge >= 0.3 is 18.1 Å². The first kappa shape index (κ1) is 27.6. The molecule has 1 N–H and O–H groups in total. The molecular formula is C28H27F3O6. The molecular weight excluding hydrogens is 489 g/mol. The standard InChI is InChI=1S/C28H27F3O6/c1-27(2,3)37-26(34)24-20(11-12-22(25(24)33)28(29,30)31)16-36-21-10-6-9-19(15-21)18-8-5-7-17(13-18)14-23(32)35-4/h5-13,15,33H,14,16H2,1-4H3. The molecule has 0 radical (unpaired) electrons. The van der Waals surface area contributed by atoms with Gasteiger partial charge in [-0.05, 0) is 55.7 Å². The Balaban J connectivity index is 1.89. The van der Waals surface area contributed by atoms with Crippen molar-refractivity contribution in [2.24, 2.45) is 0 Å². The molecule has 6 nitrogen and oxygen atoms in total. The van der Waals surface area contributed by atoms with E-state index in [2.05, 4.69) is 0 Å². The van der Waals surface area contributed by atoms with Gasteiger partial charge in [-0.25, -0.2) is 4.79 Å². The number of alkyl halides is 3. The van der Waals surface area contributed by atoms with E-state index in [1.54, 1.807) is 51.1 Å². The minimum absolute atomic E-state index is 0.0326. The number of benzene rings is 3. The molecule has 0 bridgehead atoms. The minimum atomic E-state index is -4.86. The molecule has 0 atom stereocenters. The van der Waals surface area contributed by atoms with Gasteiger partial charge < -0.3 is 19.3 Å². The fourth-order valence-electron chi connectivity index (χ4n) is 3.57. The summed E-state index contributed by atoms with van der Waals surface area (Å²) < 4.78 is 55.8. The van der Waals surface area contributed by atoms with E-state index in [0.717, 1.165) is 22.8 Å². The zero-order chi connectivity index (χ0) is 27.4. The van der Waals surface area contributed by atoms with Crippen molar-refractivity contribution in [2.75, 3.05) is 7.11 Å². The van der Waals surface area contributed by atoms with E-state index in [0.29, 0.717) is 11.8 Å². The Morgan fingerprint density at radius 3 is 2.19 bits per heavy atom. The van der Waals surface area contributed by atoms with Gasteiger partial charge in [-0.3, -0.25) is 4.79 Å². The number of hydrogen-bond donors (Lipinski definition) is 1. The quantitative estimate of drug-likeness (QED) is 0.370. The highest BCUT2D eigenvalue weighted by atomic mass is 19.4. The second kappa shape index (κ2) is 10.9. The zero-order valence-corrected chi connectivity index (χ0v) is 20.8. The predicted octanol–water partition coefficient (Wildman–Crippen LogP) is 6.33. The highest BCUT2D eigenvalue weighted by molar-refractivity contribution is 5.95. The summed E-state index contributed by atoms with van der Waals surface area (Å²) in [7, 11) is 1.32. The average molecular weight is 517 g/mol. The molecule has 0 fully saturated rings. The van der Waals surface area contributed by atoms with Gasteiger partial charge in [0, 0.05) is 5.56 Å². The van der Waals surface area contributed by atoms with Crippen molar-refractivity contribution in [1.29, 1.82) is 0 Å². The first-order valence-corrected chi connectivity index (χ1v) is 11.3. The smallest absolute Gasteiger partial charge is 0.419 e. The third kappa shape index (κ3) is 7.25. The highest BCUT2D eigenvalue weighted by Crippen LogP contribution is 2.39.